The van der Waals surface area contributed by atoms with Crippen LogP contribution < -0.4 is 4.90 Å². The number of thiophene rings is 1. The molecule has 4 heteroatoms. The molecule has 3 heterocycles. The standard InChI is InChI=1S/C42H26N2OS/c1-2-11-27(12-3-1)44-36-17-7-4-13-30(36)34-25-28(21-23-37(34)44)43(29-22-24-41-35(26-29)32-15-6-9-20-40(32)46-41)38-18-10-16-33-31-14-5-8-19-39(31)45-42(33)38/h1-26H. The number of fused-ring (bicyclic) bond motifs is 9. The molecular formula is C42H26N2OS. The molecule has 0 bridgehead atoms. The van der Waals surface area contributed by atoms with Gasteiger partial charge in [-0.05, 0) is 72.8 Å². The average molecular weight is 607 g/mol. The molecule has 7 aromatic carbocycles. The number of anilines is 3. The van der Waals surface area contributed by atoms with E-state index in [0.717, 1.165) is 44.7 Å². The maximum absolute atomic E-state index is 6.63. The number of rotatable bonds is 4. The summed E-state index contributed by atoms with van der Waals surface area (Å²) in [6.07, 6.45) is 0. The lowest BCUT2D eigenvalue weighted by molar-refractivity contribution is 0.669. The van der Waals surface area contributed by atoms with Gasteiger partial charge >= 0.3 is 0 Å². The van der Waals surface area contributed by atoms with Gasteiger partial charge in [0.15, 0.2) is 5.58 Å². The number of para-hydroxylation sites is 4. The lowest BCUT2D eigenvalue weighted by Crippen LogP contribution is -2.10. The highest BCUT2D eigenvalue weighted by molar-refractivity contribution is 7.25. The lowest BCUT2D eigenvalue weighted by atomic mass is 10.1. The fourth-order valence-electron chi connectivity index (χ4n) is 7.14. The van der Waals surface area contributed by atoms with Crippen molar-refractivity contribution in [3.8, 4) is 5.69 Å². The van der Waals surface area contributed by atoms with Gasteiger partial charge in [-0.15, -0.1) is 11.3 Å². The first-order valence-corrected chi connectivity index (χ1v) is 16.3. The van der Waals surface area contributed by atoms with E-state index >= 15 is 0 Å². The molecule has 0 aliphatic rings. The molecule has 3 aromatic heterocycles. The first-order valence-electron chi connectivity index (χ1n) is 15.5. The Morgan fingerprint density at radius 1 is 0.457 bits per heavy atom. The second-order valence-electron chi connectivity index (χ2n) is 11.8. The highest BCUT2D eigenvalue weighted by Gasteiger charge is 2.22. The molecule has 0 radical (unpaired) electrons. The Morgan fingerprint density at radius 2 is 1.11 bits per heavy atom. The minimum Gasteiger partial charge on any atom is -0.454 e. The van der Waals surface area contributed by atoms with Crippen LogP contribution in [-0.2, 0) is 0 Å². The van der Waals surface area contributed by atoms with Crippen LogP contribution in [0.1, 0.15) is 0 Å². The first-order chi connectivity index (χ1) is 22.8. The third-order valence-electron chi connectivity index (χ3n) is 9.17. The summed E-state index contributed by atoms with van der Waals surface area (Å²) < 4.78 is 11.6. The van der Waals surface area contributed by atoms with Crippen LogP contribution in [0.5, 0.6) is 0 Å². The van der Waals surface area contributed by atoms with Crippen LogP contribution in [0.25, 0.3) is 69.6 Å². The summed E-state index contributed by atoms with van der Waals surface area (Å²) in [4.78, 5) is 2.37. The lowest BCUT2D eigenvalue weighted by Gasteiger charge is -2.26. The van der Waals surface area contributed by atoms with Crippen LogP contribution in [0.4, 0.5) is 17.1 Å². The fourth-order valence-corrected chi connectivity index (χ4v) is 8.23. The Morgan fingerprint density at radius 3 is 2.00 bits per heavy atom. The minimum absolute atomic E-state index is 0.880. The Labute approximate surface area is 268 Å². The SMILES string of the molecule is c1ccc(-n2c3ccccc3c3cc(N(c4ccc5sc6ccccc6c5c4)c4cccc5c4oc4ccccc45)ccc32)cc1. The predicted octanol–water partition coefficient (Wildman–Crippen LogP) is 12.5. The molecule has 0 N–H and O–H groups in total. The second kappa shape index (κ2) is 9.83. The summed E-state index contributed by atoms with van der Waals surface area (Å²) in [6, 6.07) is 56.5. The maximum atomic E-state index is 6.63. The van der Waals surface area contributed by atoms with Crippen LogP contribution in [-0.4, -0.2) is 4.57 Å². The molecule has 0 aliphatic heterocycles. The quantitative estimate of drug-likeness (QED) is 0.199. The van der Waals surface area contributed by atoms with Gasteiger partial charge in [0, 0.05) is 58.8 Å². The molecule has 0 aliphatic carbocycles. The predicted molar refractivity (Wildman–Crippen MR) is 196 cm³/mol. The summed E-state index contributed by atoms with van der Waals surface area (Å²) in [7, 11) is 0. The van der Waals surface area contributed by atoms with Crippen molar-refractivity contribution in [2.45, 2.75) is 0 Å². The van der Waals surface area contributed by atoms with Gasteiger partial charge in [-0.25, -0.2) is 0 Å². The summed E-state index contributed by atoms with van der Waals surface area (Å²) in [6.45, 7) is 0. The van der Waals surface area contributed by atoms with E-state index in [1.54, 1.807) is 0 Å². The number of nitrogens with zero attached hydrogens (tertiary/aromatic N) is 2. The van der Waals surface area contributed by atoms with Crippen molar-refractivity contribution in [2.75, 3.05) is 4.90 Å². The summed E-state index contributed by atoms with van der Waals surface area (Å²) in [5, 5.41) is 7.22. The number of furan rings is 1. The average Bonchev–Trinajstić information content (AvgIpc) is 3.78. The van der Waals surface area contributed by atoms with Crippen LogP contribution in [0.2, 0.25) is 0 Å². The summed E-state index contributed by atoms with van der Waals surface area (Å²) >= 11 is 1.84. The second-order valence-corrected chi connectivity index (χ2v) is 12.8. The van der Waals surface area contributed by atoms with E-state index in [1.165, 1.54) is 42.0 Å². The zero-order valence-electron chi connectivity index (χ0n) is 24.7. The molecule has 0 amide bonds. The van der Waals surface area contributed by atoms with Gasteiger partial charge in [0.05, 0.1) is 16.7 Å². The molecule has 0 unspecified atom stereocenters. The molecule has 0 saturated heterocycles. The van der Waals surface area contributed by atoms with E-state index in [2.05, 4.69) is 161 Å². The number of hydrogen-bond donors (Lipinski definition) is 0. The van der Waals surface area contributed by atoms with Crippen LogP contribution in [0, 0.1) is 0 Å². The summed E-state index contributed by atoms with van der Waals surface area (Å²) in [5.41, 5.74) is 8.48. The number of aromatic nitrogens is 1. The van der Waals surface area contributed by atoms with E-state index in [9.17, 15) is 0 Å². The number of hydrogen-bond acceptors (Lipinski definition) is 3. The molecule has 216 valence electrons. The van der Waals surface area contributed by atoms with Gasteiger partial charge in [0.2, 0.25) is 0 Å². The Kier molecular flexibility index (Phi) is 5.45. The van der Waals surface area contributed by atoms with Gasteiger partial charge < -0.3 is 13.9 Å². The topological polar surface area (TPSA) is 21.3 Å². The van der Waals surface area contributed by atoms with Gasteiger partial charge in [-0.3, -0.25) is 0 Å². The van der Waals surface area contributed by atoms with Gasteiger partial charge in [0.1, 0.15) is 5.58 Å². The van der Waals surface area contributed by atoms with E-state index in [4.69, 9.17) is 4.42 Å². The van der Waals surface area contributed by atoms with Crippen molar-refractivity contribution < 1.29 is 4.42 Å². The van der Waals surface area contributed by atoms with E-state index < -0.39 is 0 Å². The maximum Gasteiger partial charge on any atom is 0.159 e. The Bertz CT molecular complexity index is 2770. The molecule has 0 fully saturated rings. The highest BCUT2D eigenvalue weighted by Crippen LogP contribution is 2.45. The monoisotopic (exact) mass is 606 g/mol. The van der Waals surface area contributed by atoms with Crippen LogP contribution in [0.15, 0.2) is 162 Å². The van der Waals surface area contributed by atoms with Gasteiger partial charge in [-0.1, -0.05) is 84.9 Å². The molecule has 10 rings (SSSR count). The van der Waals surface area contributed by atoms with Gasteiger partial charge in [-0.2, -0.15) is 0 Å². The number of benzene rings is 7. The first kappa shape index (κ1) is 25.5. The van der Waals surface area contributed by atoms with E-state index in [0.29, 0.717) is 0 Å². The third-order valence-corrected chi connectivity index (χ3v) is 10.3. The van der Waals surface area contributed by atoms with Crippen molar-refractivity contribution in [3.63, 3.8) is 0 Å². The van der Waals surface area contributed by atoms with E-state index in [-0.39, 0.29) is 0 Å². The molecule has 0 saturated carbocycles. The zero-order chi connectivity index (χ0) is 30.2. The smallest absolute Gasteiger partial charge is 0.159 e. The molecule has 0 spiro atoms. The van der Waals surface area contributed by atoms with Crippen LogP contribution in [0.3, 0.4) is 0 Å². The van der Waals surface area contributed by atoms with Crippen molar-refractivity contribution in [2.24, 2.45) is 0 Å². The molecule has 3 nitrogen and oxygen atoms in total. The Balaban J connectivity index is 1.27. The van der Waals surface area contributed by atoms with Crippen LogP contribution >= 0.6 is 11.3 Å². The minimum atomic E-state index is 0.880. The molecule has 10 aromatic rings. The largest absolute Gasteiger partial charge is 0.454 e. The van der Waals surface area contributed by atoms with Crippen molar-refractivity contribution >= 4 is 92.3 Å². The third kappa shape index (κ3) is 3.71. The van der Waals surface area contributed by atoms with Crippen molar-refractivity contribution in [1.82, 2.24) is 4.57 Å². The molecule has 46 heavy (non-hydrogen) atoms. The fraction of sp³-hybridized carbons (Fsp3) is 0. The Hall–Kier alpha value is -5.84. The van der Waals surface area contributed by atoms with Crippen molar-refractivity contribution in [3.05, 3.63) is 158 Å². The van der Waals surface area contributed by atoms with E-state index in [1.807, 2.05) is 17.4 Å². The van der Waals surface area contributed by atoms with Gasteiger partial charge in [0.25, 0.3) is 0 Å². The molecular weight excluding hydrogens is 581 g/mol. The highest BCUT2D eigenvalue weighted by atomic mass is 32.1. The van der Waals surface area contributed by atoms with Crippen molar-refractivity contribution in [1.29, 1.82) is 0 Å². The zero-order valence-corrected chi connectivity index (χ0v) is 25.5. The summed E-state index contributed by atoms with van der Waals surface area (Å²) in [5.74, 6) is 0. The normalized spacial score (nSPS) is 11.9. The molecule has 0 atom stereocenters.